The van der Waals surface area contributed by atoms with E-state index in [0.717, 1.165) is 10.4 Å². The van der Waals surface area contributed by atoms with Crippen molar-refractivity contribution in [1.29, 1.82) is 0 Å². The van der Waals surface area contributed by atoms with E-state index in [1.54, 1.807) is 14.2 Å². The molecule has 0 bridgehead atoms. The molecule has 0 aliphatic carbocycles. The predicted molar refractivity (Wildman–Crippen MR) is 141 cm³/mol. The Morgan fingerprint density at radius 3 is 1.79 bits per heavy atom. The topological polar surface area (TPSA) is 57.2 Å². The van der Waals surface area contributed by atoms with Gasteiger partial charge in [-0.1, -0.05) is 101 Å². The average Bonchev–Trinajstić information content (AvgIpc) is 2.82. The maximum atomic E-state index is 11.4. The monoisotopic (exact) mass is 486 g/mol. The number of hydrogen-bond donors (Lipinski definition) is 1. The molecule has 0 heterocycles. The second kappa shape index (κ2) is 12.2. The fourth-order valence-corrected chi connectivity index (χ4v) is 9.17. The molecule has 0 unspecified atom stereocenters. The lowest BCUT2D eigenvalue weighted by molar-refractivity contribution is -0.181. The van der Waals surface area contributed by atoms with Crippen molar-refractivity contribution in [2.45, 2.75) is 58.0 Å². The van der Waals surface area contributed by atoms with Crippen molar-refractivity contribution in [3.05, 3.63) is 73.3 Å². The Kier molecular flexibility index (Phi) is 10.2. The molecule has 0 saturated heterocycles. The van der Waals surface area contributed by atoms with Crippen LogP contribution in [0.4, 0.5) is 0 Å². The molecule has 1 N–H and O–H groups in total. The van der Waals surface area contributed by atoms with Crippen LogP contribution < -0.4 is 10.4 Å². The molecule has 0 amide bonds. The third-order valence-corrected chi connectivity index (χ3v) is 11.5. The second-order valence-electron chi connectivity index (χ2n) is 10.3. The van der Waals surface area contributed by atoms with Crippen LogP contribution in [0.2, 0.25) is 5.04 Å². The molecule has 2 rings (SSSR count). The zero-order valence-corrected chi connectivity index (χ0v) is 22.8. The van der Waals surface area contributed by atoms with Crippen LogP contribution >= 0.6 is 0 Å². The van der Waals surface area contributed by atoms with E-state index in [0.29, 0.717) is 0 Å². The lowest BCUT2D eigenvalue weighted by Gasteiger charge is -2.44. The van der Waals surface area contributed by atoms with E-state index < -0.39 is 32.0 Å². The Morgan fingerprint density at radius 2 is 1.41 bits per heavy atom. The number of hydrogen-bond acceptors (Lipinski definition) is 5. The first-order valence-corrected chi connectivity index (χ1v) is 13.7. The Labute approximate surface area is 206 Å². The Morgan fingerprint density at radius 1 is 0.912 bits per heavy atom. The van der Waals surface area contributed by atoms with Crippen LogP contribution in [-0.2, 0) is 18.6 Å². The molecule has 6 heteroatoms. The molecule has 34 heavy (non-hydrogen) atoms. The molecule has 5 nitrogen and oxygen atoms in total. The van der Waals surface area contributed by atoms with E-state index >= 15 is 0 Å². The first-order valence-electron chi connectivity index (χ1n) is 11.7. The molecule has 2 aromatic carbocycles. The normalized spacial score (nSPS) is 15.5. The predicted octanol–water partition coefficient (Wildman–Crippen LogP) is 4.14. The summed E-state index contributed by atoms with van der Waals surface area (Å²) in [6, 6.07) is 20.7. The van der Waals surface area contributed by atoms with Crippen molar-refractivity contribution < 1.29 is 23.7 Å². The van der Waals surface area contributed by atoms with E-state index in [1.165, 1.54) is 0 Å². The number of aliphatic hydroxyl groups is 1. The number of rotatable bonds is 13. The van der Waals surface area contributed by atoms with E-state index in [9.17, 15) is 5.11 Å². The van der Waals surface area contributed by atoms with Gasteiger partial charge < -0.3 is 23.7 Å². The highest BCUT2D eigenvalue weighted by atomic mass is 28.4. The third-order valence-electron chi connectivity index (χ3n) is 6.46. The summed E-state index contributed by atoms with van der Waals surface area (Å²) in [6.07, 6.45) is -0.241. The van der Waals surface area contributed by atoms with Gasteiger partial charge in [0.15, 0.2) is 0 Å². The molecule has 0 radical (unpaired) electrons. The maximum Gasteiger partial charge on any atom is 0.261 e. The van der Waals surface area contributed by atoms with Crippen LogP contribution in [-0.4, -0.2) is 59.4 Å². The van der Waals surface area contributed by atoms with Gasteiger partial charge in [-0.15, -0.1) is 6.58 Å². The third kappa shape index (κ3) is 6.25. The van der Waals surface area contributed by atoms with E-state index in [2.05, 4.69) is 51.6 Å². The minimum absolute atomic E-state index is 0.0357. The number of benzene rings is 2. The lowest BCUT2D eigenvalue weighted by Crippen LogP contribution is -2.67. The fourth-order valence-electron chi connectivity index (χ4n) is 4.59. The molecule has 0 saturated carbocycles. The summed E-state index contributed by atoms with van der Waals surface area (Å²) in [5.74, 6) is 0. The fraction of sp³-hybridized carbons (Fsp3) is 0.500. The molecular weight excluding hydrogens is 444 g/mol. The van der Waals surface area contributed by atoms with Crippen molar-refractivity contribution in [2.75, 3.05) is 27.6 Å². The van der Waals surface area contributed by atoms with Gasteiger partial charge in [-0.05, 0) is 15.4 Å². The summed E-state index contributed by atoms with van der Waals surface area (Å²) in [5, 5.41) is 13.5. The van der Waals surface area contributed by atoms with Gasteiger partial charge in [-0.25, -0.2) is 0 Å². The highest BCUT2D eigenvalue weighted by Crippen LogP contribution is 2.37. The summed E-state index contributed by atoms with van der Waals surface area (Å²) in [7, 11) is 0.382. The molecular formula is C28H42O5Si. The Bertz CT molecular complexity index is 824. The highest BCUT2D eigenvalue weighted by molar-refractivity contribution is 6.99. The number of methoxy groups -OCH3 is 2. The van der Waals surface area contributed by atoms with E-state index in [1.807, 2.05) is 56.3 Å². The molecule has 0 aliphatic rings. The van der Waals surface area contributed by atoms with E-state index in [4.69, 9.17) is 18.6 Å². The van der Waals surface area contributed by atoms with Crippen LogP contribution in [0.3, 0.4) is 0 Å². The quantitative estimate of drug-likeness (QED) is 0.262. The van der Waals surface area contributed by atoms with Gasteiger partial charge in [0.2, 0.25) is 0 Å². The molecule has 0 spiro atoms. The summed E-state index contributed by atoms with van der Waals surface area (Å²) in [5.41, 5.74) is -0.439. The first-order chi connectivity index (χ1) is 16.0. The molecule has 0 aliphatic heterocycles. The van der Waals surface area contributed by atoms with Crippen molar-refractivity contribution >= 4 is 18.7 Å². The zero-order valence-electron chi connectivity index (χ0n) is 21.8. The van der Waals surface area contributed by atoms with Crippen LogP contribution in [0, 0.1) is 5.41 Å². The molecule has 2 aromatic rings. The van der Waals surface area contributed by atoms with Crippen molar-refractivity contribution in [3.63, 3.8) is 0 Å². The van der Waals surface area contributed by atoms with Gasteiger partial charge in [-0.3, -0.25) is 0 Å². The minimum atomic E-state index is -2.80. The summed E-state index contributed by atoms with van der Waals surface area (Å²) >= 11 is 0. The summed E-state index contributed by atoms with van der Waals surface area (Å²) < 4.78 is 23.8. The number of ether oxygens (including phenoxy) is 3. The van der Waals surface area contributed by atoms with Crippen molar-refractivity contribution in [2.24, 2.45) is 5.41 Å². The molecule has 3 atom stereocenters. The largest absolute Gasteiger partial charge is 0.405 e. The van der Waals surface area contributed by atoms with Gasteiger partial charge in [0, 0.05) is 19.6 Å². The van der Waals surface area contributed by atoms with Crippen LogP contribution in [0.5, 0.6) is 0 Å². The van der Waals surface area contributed by atoms with Gasteiger partial charge in [-0.2, -0.15) is 0 Å². The van der Waals surface area contributed by atoms with Gasteiger partial charge >= 0.3 is 0 Å². The smallest absolute Gasteiger partial charge is 0.261 e. The second-order valence-corrected chi connectivity index (χ2v) is 14.6. The maximum absolute atomic E-state index is 11.4. The number of aliphatic hydroxyl groups excluding tert-OH is 1. The minimum Gasteiger partial charge on any atom is -0.405 e. The van der Waals surface area contributed by atoms with Gasteiger partial charge in [0.1, 0.15) is 19.0 Å². The van der Waals surface area contributed by atoms with Gasteiger partial charge in [0.05, 0.1) is 12.7 Å². The van der Waals surface area contributed by atoms with Crippen LogP contribution in [0.15, 0.2) is 73.3 Å². The standard InChI is InChI=1S/C28H42O5Si/c1-9-28(5,6)26(31-8)25(32-21-30-7)24(29)20-33-34(27(2,3)4,22-16-12-10-13-17-22)23-18-14-11-15-19-23/h9-19,24-26,29H,1,20-21H2,2-8H3/t24-,25+,26-/m1/s1. The lowest BCUT2D eigenvalue weighted by atomic mass is 9.82. The summed E-state index contributed by atoms with van der Waals surface area (Å²) in [4.78, 5) is 0. The zero-order chi connectivity index (χ0) is 25.4. The Hall–Kier alpha value is -1.80. The first kappa shape index (κ1) is 28.4. The molecule has 0 fully saturated rings. The van der Waals surface area contributed by atoms with Crippen LogP contribution in [0.25, 0.3) is 0 Å². The molecule has 188 valence electrons. The van der Waals surface area contributed by atoms with E-state index in [-0.39, 0.29) is 18.4 Å². The van der Waals surface area contributed by atoms with Crippen molar-refractivity contribution in [3.8, 4) is 0 Å². The molecule has 0 aromatic heterocycles. The summed E-state index contributed by atoms with van der Waals surface area (Å²) in [6.45, 7) is 14.7. The Balaban J connectivity index is 2.49. The van der Waals surface area contributed by atoms with Gasteiger partial charge in [0.25, 0.3) is 8.32 Å². The average molecular weight is 487 g/mol. The SMILES string of the molecule is C=CC(C)(C)[C@H](OC)[C@@H](OCOC)[C@H](O)CO[Si](c1ccccc1)(c1ccccc1)C(C)(C)C. The highest BCUT2D eigenvalue weighted by Gasteiger charge is 2.51. The van der Waals surface area contributed by atoms with Crippen LogP contribution in [0.1, 0.15) is 34.6 Å². The van der Waals surface area contributed by atoms with Crippen molar-refractivity contribution in [1.82, 2.24) is 0 Å².